The fraction of sp³-hybridized carbons (Fsp3) is 0. The standard InChI is InChI=1S/C59H34N4S/c1-2-16-39-34-52-49(33-38(39)15-1)46-21-9-10-23-50(46)63(52)51-30-31-53-54(48-29-26-37-14-5-8-20-45(37)56(48)64-53)55(51)59-61-57(60-58(62-59)47-22-11-17-35-12-3-7-19-43(35)47)41-27-28-44-40(32-41)25-24-36-13-4-6-18-42(36)44/h1-34H. The van der Waals surface area contributed by atoms with Gasteiger partial charge < -0.3 is 4.57 Å². The van der Waals surface area contributed by atoms with Crippen molar-refractivity contribution in [2.24, 2.45) is 0 Å². The Bertz CT molecular complexity index is 4270. The second-order valence-corrected chi connectivity index (χ2v) is 17.8. The predicted octanol–water partition coefficient (Wildman–Crippen LogP) is 16.1. The molecule has 14 aromatic rings. The van der Waals surface area contributed by atoms with Crippen LogP contribution in [0.3, 0.4) is 0 Å². The van der Waals surface area contributed by atoms with Crippen LogP contribution in [0.4, 0.5) is 0 Å². The lowest BCUT2D eigenvalue weighted by molar-refractivity contribution is 1.07. The lowest BCUT2D eigenvalue weighted by Gasteiger charge is -2.17. The van der Waals surface area contributed by atoms with E-state index in [4.69, 9.17) is 15.0 Å². The van der Waals surface area contributed by atoms with Crippen LogP contribution in [0, 0.1) is 0 Å². The van der Waals surface area contributed by atoms with Crippen molar-refractivity contribution in [2.75, 3.05) is 0 Å². The first-order chi connectivity index (χ1) is 31.7. The van der Waals surface area contributed by atoms with Gasteiger partial charge in [0.2, 0.25) is 0 Å². The highest BCUT2D eigenvalue weighted by Gasteiger charge is 2.25. The highest BCUT2D eigenvalue weighted by Crippen LogP contribution is 2.47. The van der Waals surface area contributed by atoms with Gasteiger partial charge in [0.15, 0.2) is 17.5 Å². The van der Waals surface area contributed by atoms with Crippen LogP contribution in [-0.2, 0) is 0 Å². The molecule has 11 aromatic carbocycles. The summed E-state index contributed by atoms with van der Waals surface area (Å²) >= 11 is 1.84. The monoisotopic (exact) mass is 830 g/mol. The highest BCUT2D eigenvalue weighted by molar-refractivity contribution is 7.26. The maximum atomic E-state index is 5.60. The highest BCUT2D eigenvalue weighted by atomic mass is 32.1. The van der Waals surface area contributed by atoms with Gasteiger partial charge in [-0.3, -0.25) is 0 Å². The third kappa shape index (κ3) is 5.25. The fourth-order valence-corrected chi connectivity index (χ4v) is 11.5. The number of hydrogen-bond donors (Lipinski definition) is 0. The Morgan fingerprint density at radius 1 is 0.344 bits per heavy atom. The lowest BCUT2D eigenvalue weighted by atomic mass is 9.99. The van der Waals surface area contributed by atoms with E-state index in [-0.39, 0.29) is 0 Å². The van der Waals surface area contributed by atoms with Crippen LogP contribution in [0.5, 0.6) is 0 Å². The van der Waals surface area contributed by atoms with Gasteiger partial charge in [0.05, 0.1) is 22.3 Å². The Morgan fingerprint density at radius 2 is 0.938 bits per heavy atom. The van der Waals surface area contributed by atoms with E-state index >= 15 is 0 Å². The molecule has 0 aliphatic carbocycles. The summed E-state index contributed by atoms with van der Waals surface area (Å²) in [7, 11) is 0. The summed E-state index contributed by atoms with van der Waals surface area (Å²) in [6, 6.07) is 74.5. The molecule has 0 fully saturated rings. The van der Waals surface area contributed by atoms with Crippen molar-refractivity contribution < 1.29 is 0 Å². The van der Waals surface area contributed by atoms with Gasteiger partial charge in [0, 0.05) is 42.1 Å². The molecule has 0 saturated heterocycles. The van der Waals surface area contributed by atoms with Crippen molar-refractivity contribution in [3.63, 3.8) is 0 Å². The average Bonchev–Trinajstić information content (AvgIpc) is 3.90. The minimum absolute atomic E-state index is 0.629. The van der Waals surface area contributed by atoms with Crippen LogP contribution in [0.2, 0.25) is 0 Å². The SMILES string of the molecule is c1ccc2cc3c(cc2c1)c1ccccc1n3-c1ccc2sc3c4ccccc4ccc3c2c1-c1nc(-c2ccc3c(ccc4ccccc43)c2)nc(-c2cccc3ccccc23)n1. The van der Waals surface area contributed by atoms with Crippen molar-refractivity contribution in [2.45, 2.75) is 0 Å². The molecule has 0 unspecified atom stereocenters. The summed E-state index contributed by atoms with van der Waals surface area (Å²) in [6.07, 6.45) is 0. The van der Waals surface area contributed by atoms with Crippen LogP contribution < -0.4 is 0 Å². The molecule has 0 aliphatic rings. The maximum absolute atomic E-state index is 5.60. The first-order valence-corrected chi connectivity index (χ1v) is 22.5. The molecule has 296 valence electrons. The number of benzene rings is 11. The zero-order valence-electron chi connectivity index (χ0n) is 34.3. The summed E-state index contributed by atoms with van der Waals surface area (Å²) in [4.78, 5) is 16.6. The molecular weight excluding hydrogens is 797 g/mol. The number of fused-ring (bicyclic) bond motifs is 13. The lowest BCUT2D eigenvalue weighted by Crippen LogP contribution is -2.04. The van der Waals surface area contributed by atoms with Gasteiger partial charge in [-0.1, -0.05) is 170 Å². The Balaban J connectivity index is 1.13. The second-order valence-electron chi connectivity index (χ2n) is 16.7. The van der Waals surface area contributed by atoms with Gasteiger partial charge >= 0.3 is 0 Å². The van der Waals surface area contributed by atoms with E-state index in [0.717, 1.165) is 55.0 Å². The van der Waals surface area contributed by atoms with E-state index in [2.05, 4.69) is 211 Å². The third-order valence-electron chi connectivity index (χ3n) is 13.2. The summed E-state index contributed by atoms with van der Waals surface area (Å²) < 4.78 is 4.88. The molecule has 0 N–H and O–H groups in total. The quantitative estimate of drug-likeness (QED) is 0.166. The maximum Gasteiger partial charge on any atom is 0.166 e. The molecule has 4 nitrogen and oxygen atoms in total. The molecule has 14 rings (SSSR count). The minimum atomic E-state index is 0.629. The average molecular weight is 831 g/mol. The number of para-hydroxylation sites is 1. The van der Waals surface area contributed by atoms with Gasteiger partial charge in [-0.25, -0.2) is 15.0 Å². The van der Waals surface area contributed by atoms with Crippen molar-refractivity contribution in [1.82, 2.24) is 19.5 Å². The molecule has 5 heteroatoms. The van der Waals surface area contributed by atoms with E-state index < -0.39 is 0 Å². The van der Waals surface area contributed by atoms with E-state index in [1.54, 1.807) is 0 Å². The second kappa shape index (κ2) is 13.6. The first kappa shape index (κ1) is 35.4. The van der Waals surface area contributed by atoms with Gasteiger partial charge in [-0.05, 0) is 90.3 Å². The van der Waals surface area contributed by atoms with Crippen LogP contribution in [0.15, 0.2) is 206 Å². The number of hydrogen-bond acceptors (Lipinski definition) is 4. The van der Waals surface area contributed by atoms with Gasteiger partial charge in [0.1, 0.15) is 0 Å². The normalized spacial score (nSPS) is 12.1. The van der Waals surface area contributed by atoms with Crippen molar-refractivity contribution in [3.05, 3.63) is 206 Å². The Labute approximate surface area is 371 Å². The molecule has 0 spiro atoms. The summed E-state index contributed by atoms with van der Waals surface area (Å²) in [5, 5.41) is 16.6. The van der Waals surface area contributed by atoms with Crippen molar-refractivity contribution in [1.29, 1.82) is 0 Å². The van der Waals surface area contributed by atoms with Crippen LogP contribution >= 0.6 is 11.3 Å². The Kier molecular flexibility index (Phi) is 7.53. The number of nitrogens with zero attached hydrogens (tertiary/aromatic N) is 4. The third-order valence-corrected chi connectivity index (χ3v) is 14.4. The van der Waals surface area contributed by atoms with Crippen LogP contribution in [0.1, 0.15) is 0 Å². The summed E-state index contributed by atoms with van der Waals surface area (Å²) in [5.74, 6) is 1.90. The van der Waals surface area contributed by atoms with Gasteiger partial charge in [-0.2, -0.15) is 0 Å². The molecule has 3 heterocycles. The zero-order chi connectivity index (χ0) is 41.9. The van der Waals surface area contributed by atoms with Gasteiger partial charge in [0.25, 0.3) is 0 Å². The Hall–Kier alpha value is -8.25. The largest absolute Gasteiger partial charge is 0.308 e. The molecule has 0 saturated carbocycles. The molecule has 0 amide bonds. The number of rotatable bonds is 4. The molecular formula is C59H34N4S. The first-order valence-electron chi connectivity index (χ1n) is 21.7. The molecule has 0 bridgehead atoms. The smallest absolute Gasteiger partial charge is 0.166 e. The predicted molar refractivity (Wildman–Crippen MR) is 271 cm³/mol. The molecule has 0 atom stereocenters. The van der Waals surface area contributed by atoms with E-state index in [1.807, 2.05) is 11.3 Å². The number of aromatic nitrogens is 4. The van der Waals surface area contributed by atoms with E-state index in [9.17, 15) is 0 Å². The van der Waals surface area contributed by atoms with Crippen molar-refractivity contribution in [3.8, 4) is 39.9 Å². The molecule has 64 heavy (non-hydrogen) atoms. The van der Waals surface area contributed by atoms with Gasteiger partial charge in [-0.15, -0.1) is 11.3 Å². The van der Waals surface area contributed by atoms with Crippen LogP contribution in [-0.4, -0.2) is 19.5 Å². The zero-order valence-corrected chi connectivity index (χ0v) is 35.1. The minimum Gasteiger partial charge on any atom is -0.308 e. The van der Waals surface area contributed by atoms with Crippen LogP contribution in [0.25, 0.3) is 136 Å². The summed E-state index contributed by atoms with van der Waals surface area (Å²) in [6.45, 7) is 0. The topological polar surface area (TPSA) is 43.6 Å². The fourth-order valence-electron chi connectivity index (χ4n) is 10.2. The number of thiophene rings is 1. The van der Waals surface area contributed by atoms with Crippen molar-refractivity contribution >= 4 is 107 Å². The van der Waals surface area contributed by atoms with E-state index in [1.165, 1.54) is 63.3 Å². The Morgan fingerprint density at radius 3 is 1.78 bits per heavy atom. The molecule has 0 radical (unpaired) electrons. The molecule has 0 aliphatic heterocycles. The van der Waals surface area contributed by atoms with E-state index in [0.29, 0.717) is 17.5 Å². The summed E-state index contributed by atoms with van der Waals surface area (Å²) in [5.41, 5.74) is 6.17. The molecule has 3 aromatic heterocycles.